The predicted octanol–water partition coefficient (Wildman–Crippen LogP) is 2.42. The van der Waals surface area contributed by atoms with Crippen LogP contribution < -0.4 is 4.74 Å². The molecule has 2 rings (SSSR count). The Morgan fingerprint density at radius 3 is 2.62 bits per heavy atom. The molecule has 0 aromatic heterocycles. The van der Waals surface area contributed by atoms with Crippen LogP contribution in [0.1, 0.15) is 18.4 Å². The van der Waals surface area contributed by atoms with E-state index in [2.05, 4.69) is 0 Å². The van der Waals surface area contributed by atoms with E-state index in [1.165, 1.54) is 0 Å². The molecule has 1 aliphatic rings. The van der Waals surface area contributed by atoms with Gasteiger partial charge in [-0.15, -0.1) is 0 Å². The molecule has 0 atom stereocenters. The summed E-state index contributed by atoms with van der Waals surface area (Å²) in [5.41, 5.74) is 0.934. The van der Waals surface area contributed by atoms with E-state index in [1.54, 1.807) is 17.0 Å². The highest BCUT2D eigenvalue weighted by molar-refractivity contribution is 5.67. The number of ether oxygens (including phenoxy) is 1. The molecule has 21 heavy (non-hydrogen) atoms. The number of hydrogen-bond acceptors (Lipinski definition) is 3. The maximum absolute atomic E-state index is 13.0. The van der Waals surface area contributed by atoms with Gasteiger partial charge in [-0.2, -0.15) is 0 Å². The molecule has 4 nitrogen and oxygen atoms in total. The number of carbonyl (C=O) groups is 1. The van der Waals surface area contributed by atoms with Crippen molar-refractivity contribution < 1.29 is 23.4 Å². The molecule has 0 unspecified atom stereocenters. The number of halogens is 2. The zero-order chi connectivity index (χ0) is 15.3. The van der Waals surface area contributed by atoms with Gasteiger partial charge in [0.1, 0.15) is 12.4 Å². The fraction of sp³-hybridized carbons (Fsp3) is 0.533. The summed E-state index contributed by atoms with van der Waals surface area (Å²) in [6.45, 7) is 1.07. The van der Waals surface area contributed by atoms with Gasteiger partial charge in [-0.05, 0) is 24.1 Å². The minimum Gasteiger partial charge on any atom is -0.492 e. The molecule has 0 bridgehead atoms. The minimum atomic E-state index is -2.56. The van der Waals surface area contributed by atoms with E-state index >= 15 is 0 Å². The summed E-state index contributed by atoms with van der Waals surface area (Å²) in [6, 6.07) is 7.19. The summed E-state index contributed by atoms with van der Waals surface area (Å²) in [7, 11) is 0. The number of likely N-dealkylation sites (tertiary alicyclic amines) is 1. The van der Waals surface area contributed by atoms with Crippen molar-refractivity contribution in [2.45, 2.75) is 25.2 Å². The predicted molar refractivity (Wildman–Crippen MR) is 73.9 cm³/mol. The molecule has 1 heterocycles. The van der Waals surface area contributed by atoms with E-state index in [0.717, 1.165) is 5.56 Å². The maximum atomic E-state index is 13.0. The Morgan fingerprint density at radius 1 is 1.33 bits per heavy atom. The van der Waals surface area contributed by atoms with Crippen LogP contribution >= 0.6 is 0 Å². The molecule has 116 valence electrons. The van der Waals surface area contributed by atoms with Crippen LogP contribution in [0, 0.1) is 0 Å². The van der Waals surface area contributed by atoms with E-state index in [0.29, 0.717) is 31.9 Å². The van der Waals surface area contributed by atoms with Gasteiger partial charge in [-0.3, -0.25) is 9.69 Å². The van der Waals surface area contributed by atoms with Crippen LogP contribution in [0.2, 0.25) is 0 Å². The highest BCUT2D eigenvalue weighted by Crippen LogP contribution is 2.26. The fourth-order valence-corrected chi connectivity index (χ4v) is 2.29. The normalized spacial score (nSPS) is 17.8. The summed E-state index contributed by atoms with van der Waals surface area (Å²) < 4.78 is 31.5. The Kier molecular flexibility index (Phi) is 5.12. The van der Waals surface area contributed by atoms with Crippen molar-refractivity contribution in [3.63, 3.8) is 0 Å². The molecule has 6 heteroatoms. The molecule has 0 aliphatic carbocycles. The van der Waals surface area contributed by atoms with E-state index in [9.17, 15) is 13.6 Å². The van der Waals surface area contributed by atoms with E-state index in [4.69, 9.17) is 9.84 Å². The van der Waals surface area contributed by atoms with E-state index in [1.807, 2.05) is 12.1 Å². The molecule has 1 fully saturated rings. The van der Waals surface area contributed by atoms with Gasteiger partial charge < -0.3 is 9.84 Å². The summed E-state index contributed by atoms with van der Waals surface area (Å²) in [6.07, 6.45) is 0.507. The van der Waals surface area contributed by atoms with E-state index < -0.39 is 11.9 Å². The Balaban J connectivity index is 1.70. The van der Waals surface area contributed by atoms with Crippen molar-refractivity contribution in [2.24, 2.45) is 0 Å². The van der Waals surface area contributed by atoms with Crippen LogP contribution in [0.3, 0.4) is 0 Å². The molecule has 0 radical (unpaired) electrons. The highest BCUT2D eigenvalue weighted by Gasteiger charge is 2.37. The van der Waals surface area contributed by atoms with Crippen LogP contribution in [0.15, 0.2) is 24.3 Å². The van der Waals surface area contributed by atoms with Gasteiger partial charge in [0, 0.05) is 25.9 Å². The van der Waals surface area contributed by atoms with Gasteiger partial charge in [0.05, 0.1) is 6.54 Å². The van der Waals surface area contributed by atoms with Crippen LogP contribution in [0.5, 0.6) is 5.75 Å². The highest BCUT2D eigenvalue weighted by atomic mass is 19.3. The fourth-order valence-electron chi connectivity index (χ4n) is 2.29. The number of alkyl halides is 2. The molecular weight excluding hydrogens is 280 g/mol. The second kappa shape index (κ2) is 6.85. The van der Waals surface area contributed by atoms with Gasteiger partial charge in [-0.25, -0.2) is 8.78 Å². The second-order valence-corrected chi connectivity index (χ2v) is 5.27. The van der Waals surface area contributed by atoms with Crippen molar-refractivity contribution in [1.29, 1.82) is 0 Å². The zero-order valence-corrected chi connectivity index (χ0v) is 11.7. The first-order valence-corrected chi connectivity index (χ1v) is 6.98. The molecule has 1 aromatic rings. The van der Waals surface area contributed by atoms with Crippen LogP contribution in [-0.2, 0) is 11.2 Å². The van der Waals surface area contributed by atoms with Crippen LogP contribution in [-0.4, -0.2) is 48.1 Å². The average Bonchev–Trinajstić information content (AvgIpc) is 2.77. The summed E-state index contributed by atoms with van der Waals surface area (Å²) in [4.78, 5) is 12.2. The molecule has 1 aromatic carbocycles. The molecule has 0 saturated carbocycles. The average molecular weight is 299 g/mol. The molecule has 0 spiro atoms. The topological polar surface area (TPSA) is 49.8 Å². The summed E-state index contributed by atoms with van der Waals surface area (Å²) in [5, 5.41) is 8.60. The lowest BCUT2D eigenvalue weighted by Gasteiger charge is -2.15. The molecule has 1 aliphatic heterocycles. The summed E-state index contributed by atoms with van der Waals surface area (Å²) >= 11 is 0. The Bertz CT molecular complexity index is 476. The lowest BCUT2D eigenvalue weighted by Crippen LogP contribution is -2.29. The van der Waals surface area contributed by atoms with Crippen molar-refractivity contribution in [1.82, 2.24) is 4.90 Å². The SMILES string of the molecule is O=C(O)CCc1ccc(OCCN2CCC(F)(F)C2)cc1. The molecular formula is C15H19F2NO3. The third-order valence-electron chi connectivity index (χ3n) is 3.48. The number of nitrogens with zero attached hydrogens (tertiary/aromatic N) is 1. The summed E-state index contributed by atoms with van der Waals surface area (Å²) in [5.74, 6) is -2.72. The second-order valence-electron chi connectivity index (χ2n) is 5.27. The van der Waals surface area contributed by atoms with Crippen molar-refractivity contribution >= 4 is 5.97 Å². The van der Waals surface area contributed by atoms with Gasteiger partial charge in [0.15, 0.2) is 0 Å². The minimum absolute atomic E-state index is 0.0781. The van der Waals surface area contributed by atoms with Crippen molar-refractivity contribution in [3.05, 3.63) is 29.8 Å². The largest absolute Gasteiger partial charge is 0.492 e. The first-order chi connectivity index (χ1) is 9.94. The maximum Gasteiger partial charge on any atom is 0.303 e. The van der Waals surface area contributed by atoms with Crippen LogP contribution in [0.4, 0.5) is 8.78 Å². The number of carboxylic acids is 1. The van der Waals surface area contributed by atoms with Gasteiger partial charge >= 0.3 is 5.97 Å². The monoisotopic (exact) mass is 299 g/mol. The Hall–Kier alpha value is -1.69. The van der Waals surface area contributed by atoms with Crippen molar-refractivity contribution in [2.75, 3.05) is 26.2 Å². The molecule has 1 saturated heterocycles. The Labute approximate surface area is 122 Å². The lowest BCUT2D eigenvalue weighted by molar-refractivity contribution is -0.136. The number of aliphatic carboxylic acids is 1. The number of aryl methyl sites for hydroxylation is 1. The quantitative estimate of drug-likeness (QED) is 0.840. The lowest BCUT2D eigenvalue weighted by atomic mass is 10.1. The number of benzene rings is 1. The molecule has 1 N–H and O–H groups in total. The van der Waals surface area contributed by atoms with Gasteiger partial charge in [0.2, 0.25) is 0 Å². The first kappa shape index (κ1) is 15.7. The Morgan fingerprint density at radius 2 is 2.05 bits per heavy atom. The zero-order valence-electron chi connectivity index (χ0n) is 11.7. The standard InChI is InChI=1S/C15H19F2NO3/c16-15(17)7-8-18(11-15)9-10-21-13-4-1-12(2-5-13)3-6-14(19)20/h1-2,4-5H,3,6-11H2,(H,19,20). The first-order valence-electron chi connectivity index (χ1n) is 6.98. The number of hydrogen-bond donors (Lipinski definition) is 1. The third kappa shape index (κ3) is 5.30. The number of carboxylic acid groups (broad SMARTS) is 1. The van der Waals surface area contributed by atoms with Crippen LogP contribution in [0.25, 0.3) is 0 Å². The number of rotatable bonds is 7. The van der Waals surface area contributed by atoms with Gasteiger partial charge in [-0.1, -0.05) is 12.1 Å². The van der Waals surface area contributed by atoms with Gasteiger partial charge in [0.25, 0.3) is 5.92 Å². The van der Waals surface area contributed by atoms with Crippen molar-refractivity contribution in [3.8, 4) is 5.75 Å². The smallest absolute Gasteiger partial charge is 0.303 e. The third-order valence-corrected chi connectivity index (χ3v) is 3.48. The molecule has 0 amide bonds. The van der Waals surface area contributed by atoms with E-state index in [-0.39, 0.29) is 19.4 Å².